The van der Waals surface area contributed by atoms with E-state index in [9.17, 15) is 14.4 Å². The number of rotatable bonds is 68. The molecule has 6 nitrogen and oxygen atoms in total. The van der Waals surface area contributed by atoms with Gasteiger partial charge in [0.15, 0.2) is 6.10 Å². The Morgan fingerprint density at radius 2 is 0.434 bits per heavy atom. The molecule has 0 spiro atoms. The van der Waals surface area contributed by atoms with E-state index >= 15 is 0 Å². The molecule has 0 radical (unpaired) electrons. The summed E-state index contributed by atoms with van der Waals surface area (Å²) in [7, 11) is 0. The minimum Gasteiger partial charge on any atom is -0.462 e. The minimum absolute atomic E-state index is 0.0764. The topological polar surface area (TPSA) is 78.9 Å². The van der Waals surface area contributed by atoms with Gasteiger partial charge in [-0.05, 0) is 89.9 Å². The minimum atomic E-state index is -0.783. The second-order valence-electron chi connectivity index (χ2n) is 24.9. The number of allylic oxidation sites excluding steroid dienone is 10. The molecule has 0 saturated heterocycles. The van der Waals surface area contributed by atoms with Gasteiger partial charge in [0, 0.05) is 19.3 Å². The second-order valence-corrected chi connectivity index (χ2v) is 24.9. The predicted octanol–water partition coefficient (Wildman–Crippen LogP) is 25.5. The first-order valence-corrected chi connectivity index (χ1v) is 36.8. The molecule has 0 aromatic heterocycles. The summed E-state index contributed by atoms with van der Waals surface area (Å²) < 4.78 is 17.0. The maximum absolute atomic E-state index is 13.0. The Hall–Kier alpha value is -2.89. The van der Waals surface area contributed by atoms with E-state index in [2.05, 4.69) is 81.5 Å². The van der Waals surface area contributed by atoms with Gasteiger partial charge in [0.2, 0.25) is 0 Å². The molecule has 0 aliphatic carbocycles. The summed E-state index contributed by atoms with van der Waals surface area (Å²) in [6.07, 6.45) is 92.5. The molecule has 1 atom stereocenters. The summed E-state index contributed by atoms with van der Waals surface area (Å²) in [4.78, 5) is 38.5. The molecular formula is C77H140O6. The zero-order valence-electron chi connectivity index (χ0n) is 55.7. The molecule has 0 N–H and O–H groups in total. The monoisotopic (exact) mass is 1160 g/mol. The van der Waals surface area contributed by atoms with Crippen molar-refractivity contribution in [2.75, 3.05) is 13.2 Å². The van der Waals surface area contributed by atoms with Crippen molar-refractivity contribution in [2.45, 2.75) is 399 Å². The molecule has 0 heterocycles. The fourth-order valence-corrected chi connectivity index (χ4v) is 11.0. The Morgan fingerprint density at radius 3 is 0.699 bits per heavy atom. The number of hydrogen-bond donors (Lipinski definition) is 0. The molecule has 1 unspecified atom stereocenters. The molecule has 83 heavy (non-hydrogen) atoms. The average Bonchev–Trinajstić information content (AvgIpc) is 3.49. The lowest BCUT2D eigenvalue weighted by molar-refractivity contribution is -0.167. The summed E-state index contributed by atoms with van der Waals surface area (Å²) in [5.74, 6) is -0.867. The molecule has 0 rings (SSSR count). The highest BCUT2D eigenvalue weighted by Crippen LogP contribution is 2.18. The summed E-state index contributed by atoms with van der Waals surface area (Å²) in [6, 6.07) is 0. The SMILES string of the molecule is CCCCC/C=C\C/C=C\C/C=C\CCCCCCCCC(=O)OCC(COC(=O)CCCCCCCCCCCCCCCCCCCCCCCCCCC)OC(=O)CCCCCCCCCCC/C=C\C/C=C\CCCCCCC. The van der Waals surface area contributed by atoms with E-state index in [0.29, 0.717) is 19.3 Å². The average molecular weight is 1160 g/mol. The van der Waals surface area contributed by atoms with Crippen LogP contribution in [0.5, 0.6) is 0 Å². The lowest BCUT2D eigenvalue weighted by Gasteiger charge is -2.18. The first kappa shape index (κ1) is 80.1. The van der Waals surface area contributed by atoms with Crippen LogP contribution in [-0.4, -0.2) is 37.2 Å². The molecular weight excluding hydrogens is 1020 g/mol. The predicted molar refractivity (Wildman–Crippen MR) is 362 cm³/mol. The summed E-state index contributed by atoms with van der Waals surface area (Å²) in [5.41, 5.74) is 0. The number of unbranched alkanes of at least 4 members (excludes halogenated alkanes) is 47. The van der Waals surface area contributed by atoms with Crippen LogP contribution in [0.2, 0.25) is 0 Å². The first-order chi connectivity index (χ1) is 41.0. The van der Waals surface area contributed by atoms with Gasteiger partial charge < -0.3 is 14.2 Å². The normalized spacial score (nSPS) is 12.4. The number of carbonyl (C=O) groups is 3. The fraction of sp³-hybridized carbons (Fsp3) is 0.831. The summed E-state index contributed by atoms with van der Waals surface area (Å²) >= 11 is 0. The molecule has 0 fully saturated rings. The van der Waals surface area contributed by atoms with Gasteiger partial charge in [-0.15, -0.1) is 0 Å². The van der Waals surface area contributed by atoms with Gasteiger partial charge in [0.05, 0.1) is 0 Å². The highest BCUT2D eigenvalue weighted by Gasteiger charge is 2.19. The largest absolute Gasteiger partial charge is 0.462 e. The maximum atomic E-state index is 13.0. The third kappa shape index (κ3) is 69.8. The Kier molecular flexibility index (Phi) is 69.1. The third-order valence-electron chi connectivity index (χ3n) is 16.5. The second kappa shape index (κ2) is 71.6. The van der Waals surface area contributed by atoms with E-state index in [1.165, 1.54) is 270 Å². The van der Waals surface area contributed by atoms with Crippen molar-refractivity contribution in [3.8, 4) is 0 Å². The van der Waals surface area contributed by atoms with E-state index < -0.39 is 6.10 Å². The lowest BCUT2D eigenvalue weighted by atomic mass is 10.0. The Morgan fingerprint density at radius 1 is 0.241 bits per heavy atom. The highest BCUT2D eigenvalue weighted by atomic mass is 16.6. The van der Waals surface area contributed by atoms with Crippen molar-refractivity contribution in [1.29, 1.82) is 0 Å². The maximum Gasteiger partial charge on any atom is 0.306 e. The lowest BCUT2D eigenvalue weighted by Crippen LogP contribution is -2.30. The van der Waals surface area contributed by atoms with Crippen LogP contribution in [0.25, 0.3) is 0 Å². The standard InChI is InChI=1S/C77H140O6/c1-4-7-10-13-16-19-22-25-28-31-34-36-37-38-39-41-43-46-49-52-55-58-61-64-67-70-76(79)82-73-74(72-81-75(78)69-66-63-60-57-54-51-48-45-42-33-30-27-24-21-18-15-12-9-6-3)83-77(80)71-68-65-62-59-56-53-50-47-44-40-35-32-29-26-23-20-17-14-11-8-5-2/h18,21,23,26-27,30,32,35,42,45,74H,4-17,19-20,22,24-25,28-29,31,33-34,36-41,43-44,46-73H2,1-3H3/b21-18-,26-23-,30-27-,35-32-,45-42-. The van der Waals surface area contributed by atoms with E-state index in [-0.39, 0.29) is 31.1 Å². The fourth-order valence-electron chi connectivity index (χ4n) is 11.0. The van der Waals surface area contributed by atoms with Crippen molar-refractivity contribution >= 4 is 17.9 Å². The number of esters is 3. The van der Waals surface area contributed by atoms with Gasteiger partial charge in [0.25, 0.3) is 0 Å². The molecule has 0 bridgehead atoms. The number of carbonyl (C=O) groups excluding carboxylic acids is 3. The zero-order chi connectivity index (χ0) is 59.9. The van der Waals surface area contributed by atoms with Crippen molar-refractivity contribution in [1.82, 2.24) is 0 Å². The van der Waals surface area contributed by atoms with Crippen LogP contribution >= 0.6 is 0 Å². The smallest absolute Gasteiger partial charge is 0.306 e. The Labute approximate surface area is 517 Å². The molecule has 484 valence electrons. The quantitative estimate of drug-likeness (QED) is 0.0261. The third-order valence-corrected chi connectivity index (χ3v) is 16.5. The molecule has 0 aromatic carbocycles. The summed E-state index contributed by atoms with van der Waals surface area (Å²) in [5, 5.41) is 0. The van der Waals surface area contributed by atoms with Crippen molar-refractivity contribution in [3.05, 3.63) is 60.8 Å². The van der Waals surface area contributed by atoms with Gasteiger partial charge in [-0.25, -0.2) is 0 Å². The number of ether oxygens (including phenoxy) is 3. The van der Waals surface area contributed by atoms with E-state index in [1.807, 2.05) is 0 Å². The van der Waals surface area contributed by atoms with Gasteiger partial charge in [-0.3, -0.25) is 14.4 Å². The van der Waals surface area contributed by atoms with Gasteiger partial charge in [-0.1, -0.05) is 345 Å². The van der Waals surface area contributed by atoms with Crippen LogP contribution in [0.1, 0.15) is 393 Å². The van der Waals surface area contributed by atoms with Crippen LogP contribution in [-0.2, 0) is 28.6 Å². The molecule has 0 aliphatic rings. The molecule has 0 aromatic rings. The van der Waals surface area contributed by atoms with Crippen LogP contribution in [0.4, 0.5) is 0 Å². The zero-order valence-corrected chi connectivity index (χ0v) is 55.7. The molecule has 6 heteroatoms. The van der Waals surface area contributed by atoms with Crippen molar-refractivity contribution in [3.63, 3.8) is 0 Å². The molecule has 0 aliphatic heterocycles. The van der Waals surface area contributed by atoms with Crippen LogP contribution in [0.3, 0.4) is 0 Å². The first-order valence-electron chi connectivity index (χ1n) is 36.8. The Balaban J connectivity index is 4.33. The highest BCUT2D eigenvalue weighted by molar-refractivity contribution is 5.71. The van der Waals surface area contributed by atoms with Gasteiger partial charge in [-0.2, -0.15) is 0 Å². The Bertz CT molecular complexity index is 1470. The van der Waals surface area contributed by atoms with Crippen molar-refractivity contribution < 1.29 is 28.6 Å². The van der Waals surface area contributed by atoms with Crippen molar-refractivity contribution in [2.24, 2.45) is 0 Å². The van der Waals surface area contributed by atoms with Gasteiger partial charge >= 0.3 is 17.9 Å². The van der Waals surface area contributed by atoms with Crippen LogP contribution in [0.15, 0.2) is 60.8 Å². The van der Waals surface area contributed by atoms with E-state index in [4.69, 9.17) is 14.2 Å². The molecule has 0 amide bonds. The molecule has 0 saturated carbocycles. The van der Waals surface area contributed by atoms with E-state index in [1.54, 1.807) is 0 Å². The van der Waals surface area contributed by atoms with Crippen LogP contribution in [0, 0.1) is 0 Å². The van der Waals surface area contributed by atoms with E-state index in [0.717, 1.165) is 83.5 Å². The number of hydrogen-bond acceptors (Lipinski definition) is 6. The van der Waals surface area contributed by atoms with Gasteiger partial charge in [0.1, 0.15) is 13.2 Å². The summed E-state index contributed by atoms with van der Waals surface area (Å²) in [6.45, 7) is 6.66. The van der Waals surface area contributed by atoms with Crippen LogP contribution < -0.4 is 0 Å².